The Morgan fingerprint density at radius 1 is 1.67 bits per heavy atom. The van der Waals surface area contributed by atoms with Crippen molar-refractivity contribution >= 4 is 0 Å². The monoisotopic (exact) mass is 171 g/mol. The first-order chi connectivity index (χ1) is 5.72. The maximum Gasteiger partial charge on any atom is 0.223 e. The lowest BCUT2D eigenvalue weighted by atomic mass is 10.3. The van der Waals surface area contributed by atoms with E-state index in [1.807, 2.05) is 6.92 Å². The first-order valence-corrected chi connectivity index (χ1v) is 3.86. The lowest BCUT2D eigenvalue weighted by Crippen LogP contribution is -2.29. The molecule has 0 aromatic carbocycles. The number of hydrogen-bond donors (Lipinski definition) is 2. The number of aliphatic hydroxyl groups excluding tert-OH is 1. The van der Waals surface area contributed by atoms with E-state index in [0.717, 1.165) is 0 Å². The molecule has 0 aliphatic heterocycles. The van der Waals surface area contributed by atoms with Gasteiger partial charge in [-0.1, -0.05) is 5.16 Å². The third-order valence-corrected chi connectivity index (χ3v) is 1.45. The van der Waals surface area contributed by atoms with Crippen LogP contribution in [0.4, 0.5) is 0 Å². The summed E-state index contributed by atoms with van der Waals surface area (Å²) >= 11 is 0. The first kappa shape index (κ1) is 9.15. The molecule has 1 rings (SSSR count). The molecule has 0 saturated heterocycles. The third kappa shape index (κ3) is 2.60. The molecule has 12 heavy (non-hydrogen) atoms. The Morgan fingerprint density at radius 2 is 2.42 bits per heavy atom. The summed E-state index contributed by atoms with van der Waals surface area (Å²) in [7, 11) is 0. The van der Waals surface area contributed by atoms with E-state index in [1.165, 1.54) is 0 Å². The molecule has 0 bridgehead atoms. The summed E-state index contributed by atoms with van der Waals surface area (Å²) in [5.74, 6) is 1.18. The molecule has 2 N–H and O–H groups in total. The summed E-state index contributed by atoms with van der Waals surface area (Å²) in [5.41, 5.74) is 0. The van der Waals surface area contributed by atoms with Crippen LogP contribution in [0.5, 0.6) is 0 Å². The molecule has 0 saturated carbocycles. The van der Waals surface area contributed by atoms with Gasteiger partial charge in [-0.3, -0.25) is 0 Å². The Kier molecular flexibility index (Phi) is 3.19. The molecule has 0 aliphatic carbocycles. The number of aliphatic hydroxyl groups is 1. The van der Waals surface area contributed by atoms with Gasteiger partial charge in [-0.15, -0.1) is 0 Å². The molecule has 0 fully saturated rings. The Hall–Kier alpha value is -0.940. The zero-order chi connectivity index (χ0) is 8.97. The summed E-state index contributed by atoms with van der Waals surface area (Å²) in [5, 5.41) is 15.4. The van der Waals surface area contributed by atoms with Gasteiger partial charge in [0.05, 0.1) is 13.2 Å². The fourth-order valence-corrected chi connectivity index (χ4v) is 0.743. The highest BCUT2D eigenvalue weighted by Gasteiger charge is 2.03. The van der Waals surface area contributed by atoms with Gasteiger partial charge in [0.15, 0.2) is 5.82 Å². The number of nitrogens with one attached hydrogen (secondary N) is 1. The fourth-order valence-electron chi connectivity index (χ4n) is 0.743. The number of aromatic nitrogens is 2. The summed E-state index contributed by atoms with van der Waals surface area (Å²) in [4.78, 5) is 4.00. The summed E-state index contributed by atoms with van der Waals surface area (Å²) in [6, 6.07) is 0.0591. The predicted octanol–water partition coefficient (Wildman–Crippen LogP) is -0.152. The van der Waals surface area contributed by atoms with Crippen molar-refractivity contribution in [2.75, 3.05) is 6.61 Å². The first-order valence-electron chi connectivity index (χ1n) is 3.86. The van der Waals surface area contributed by atoms with Gasteiger partial charge >= 0.3 is 0 Å². The number of hydrogen-bond acceptors (Lipinski definition) is 5. The minimum Gasteiger partial charge on any atom is -0.395 e. The number of rotatable bonds is 4. The second kappa shape index (κ2) is 4.18. The van der Waals surface area contributed by atoms with Crippen molar-refractivity contribution < 1.29 is 9.63 Å². The minimum absolute atomic E-state index is 0.0591. The SMILES string of the molecule is Cc1nc(CNC(C)CO)no1. The predicted molar refractivity (Wildman–Crippen MR) is 42.4 cm³/mol. The lowest BCUT2D eigenvalue weighted by Gasteiger charge is -2.06. The van der Waals surface area contributed by atoms with Gasteiger partial charge in [-0.2, -0.15) is 4.98 Å². The molecule has 0 spiro atoms. The van der Waals surface area contributed by atoms with Gasteiger partial charge in [-0.05, 0) is 6.92 Å². The highest BCUT2D eigenvalue weighted by atomic mass is 16.5. The van der Waals surface area contributed by atoms with E-state index in [2.05, 4.69) is 15.5 Å². The molecule has 68 valence electrons. The summed E-state index contributed by atoms with van der Waals surface area (Å²) in [6.07, 6.45) is 0. The molecular weight excluding hydrogens is 158 g/mol. The normalized spacial score (nSPS) is 13.2. The van der Waals surface area contributed by atoms with Crippen LogP contribution in [0, 0.1) is 6.92 Å². The highest BCUT2D eigenvalue weighted by molar-refractivity contribution is 4.83. The van der Waals surface area contributed by atoms with Crippen LogP contribution in [-0.4, -0.2) is 27.9 Å². The average molecular weight is 171 g/mol. The van der Waals surface area contributed by atoms with Crippen LogP contribution in [0.3, 0.4) is 0 Å². The molecule has 0 radical (unpaired) electrons. The van der Waals surface area contributed by atoms with E-state index in [0.29, 0.717) is 18.3 Å². The molecular formula is C7H13N3O2. The van der Waals surface area contributed by atoms with Crippen molar-refractivity contribution in [3.63, 3.8) is 0 Å². The number of aryl methyl sites for hydroxylation is 1. The molecule has 5 heteroatoms. The minimum atomic E-state index is 0.0591. The lowest BCUT2D eigenvalue weighted by molar-refractivity contribution is 0.249. The largest absolute Gasteiger partial charge is 0.395 e. The van der Waals surface area contributed by atoms with Gasteiger partial charge in [0.1, 0.15) is 0 Å². The zero-order valence-electron chi connectivity index (χ0n) is 7.24. The quantitative estimate of drug-likeness (QED) is 0.659. The maximum absolute atomic E-state index is 8.69. The van der Waals surface area contributed by atoms with Crippen molar-refractivity contribution in [2.45, 2.75) is 26.4 Å². The summed E-state index contributed by atoms with van der Waals surface area (Å²) in [6.45, 7) is 4.26. The van der Waals surface area contributed by atoms with Crippen molar-refractivity contribution in [3.05, 3.63) is 11.7 Å². The van der Waals surface area contributed by atoms with Crippen LogP contribution in [0.2, 0.25) is 0 Å². The van der Waals surface area contributed by atoms with Crippen molar-refractivity contribution in [1.29, 1.82) is 0 Å². The molecule has 1 atom stereocenters. The molecule has 0 aliphatic rings. The molecule has 1 aromatic heterocycles. The zero-order valence-corrected chi connectivity index (χ0v) is 7.24. The second-order valence-corrected chi connectivity index (χ2v) is 2.69. The van der Waals surface area contributed by atoms with Crippen LogP contribution in [0.25, 0.3) is 0 Å². The van der Waals surface area contributed by atoms with Gasteiger partial charge in [0.25, 0.3) is 0 Å². The number of nitrogens with zero attached hydrogens (tertiary/aromatic N) is 2. The van der Waals surface area contributed by atoms with Gasteiger partial charge in [0.2, 0.25) is 5.89 Å². The van der Waals surface area contributed by atoms with Crippen LogP contribution in [0.15, 0.2) is 4.52 Å². The van der Waals surface area contributed by atoms with Crippen LogP contribution < -0.4 is 5.32 Å². The Bertz CT molecular complexity index is 236. The van der Waals surface area contributed by atoms with Crippen molar-refractivity contribution in [3.8, 4) is 0 Å². The van der Waals surface area contributed by atoms with E-state index in [1.54, 1.807) is 6.92 Å². The van der Waals surface area contributed by atoms with E-state index < -0.39 is 0 Å². The van der Waals surface area contributed by atoms with Crippen LogP contribution >= 0.6 is 0 Å². The smallest absolute Gasteiger partial charge is 0.223 e. The van der Waals surface area contributed by atoms with Crippen molar-refractivity contribution in [1.82, 2.24) is 15.5 Å². The van der Waals surface area contributed by atoms with E-state index in [9.17, 15) is 0 Å². The van der Waals surface area contributed by atoms with E-state index in [4.69, 9.17) is 9.63 Å². The summed E-state index contributed by atoms with van der Waals surface area (Å²) < 4.78 is 4.77. The second-order valence-electron chi connectivity index (χ2n) is 2.69. The molecule has 5 nitrogen and oxygen atoms in total. The third-order valence-electron chi connectivity index (χ3n) is 1.45. The Balaban J connectivity index is 2.33. The van der Waals surface area contributed by atoms with Gasteiger partial charge in [0, 0.05) is 13.0 Å². The molecule has 0 amide bonds. The fraction of sp³-hybridized carbons (Fsp3) is 0.714. The Morgan fingerprint density at radius 3 is 2.92 bits per heavy atom. The van der Waals surface area contributed by atoms with E-state index >= 15 is 0 Å². The van der Waals surface area contributed by atoms with Gasteiger partial charge in [-0.25, -0.2) is 0 Å². The molecule has 1 aromatic rings. The average Bonchev–Trinajstić information content (AvgIpc) is 2.47. The molecule has 1 unspecified atom stereocenters. The van der Waals surface area contributed by atoms with Crippen LogP contribution in [-0.2, 0) is 6.54 Å². The topological polar surface area (TPSA) is 71.2 Å². The standard InChI is InChI=1S/C7H13N3O2/c1-5(4-11)8-3-7-9-6(2)12-10-7/h5,8,11H,3-4H2,1-2H3. The van der Waals surface area contributed by atoms with Gasteiger partial charge < -0.3 is 14.9 Å². The molecule has 1 heterocycles. The maximum atomic E-state index is 8.69. The van der Waals surface area contributed by atoms with Crippen LogP contribution in [0.1, 0.15) is 18.6 Å². The highest BCUT2D eigenvalue weighted by Crippen LogP contribution is 1.94. The van der Waals surface area contributed by atoms with E-state index in [-0.39, 0.29) is 12.6 Å². The Labute approximate surface area is 70.8 Å². The van der Waals surface area contributed by atoms with Crippen molar-refractivity contribution in [2.24, 2.45) is 0 Å².